The number of aryl methyl sites for hydroxylation is 1. The molecular weight excluding hydrogens is 544 g/mol. The Balaban J connectivity index is 1.07. The van der Waals surface area contributed by atoms with Crippen molar-refractivity contribution in [3.05, 3.63) is 108 Å². The summed E-state index contributed by atoms with van der Waals surface area (Å²) in [6.07, 6.45) is 4.96. The molecule has 0 aliphatic heterocycles. The van der Waals surface area contributed by atoms with Gasteiger partial charge in [0.2, 0.25) is 15.9 Å². The molecule has 4 aromatic rings. The van der Waals surface area contributed by atoms with Crippen molar-refractivity contribution in [2.45, 2.75) is 55.4 Å². The Bertz CT molecular complexity index is 1660. The van der Waals surface area contributed by atoms with E-state index in [0.29, 0.717) is 6.54 Å². The zero-order chi connectivity index (χ0) is 29.1. The molecule has 218 valence electrons. The topological polar surface area (TPSA) is 84.5 Å². The molecule has 2 aliphatic carbocycles. The van der Waals surface area contributed by atoms with E-state index in [4.69, 9.17) is 4.74 Å². The van der Waals surface area contributed by atoms with Gasteiger partial charge in [-0.25, -0.2) is 13.1 Å². The maximum atomic E-state index is 13.5. The van der Waals surface area contributed by atoms with Gasteiger partial charge in [0, 0.05) is 24.4 Å². The third-order valence-corrected chi connectivity index (χ3v) is 10.5. The summed E-state index contributed by atoms with van der Waals surface area (Å²) in [6, 6.07) is 29.7. The largest absolute Gasteiger partial charge is 0.497 e. The minimum absolute atomic E-state index is 0.0206. The fraction of sp³-hybridized carbons (Fsp3) is 0.343. The second-order valence-electron chi connectivity index (χ2n) is 11.7. The lowest BCUT2D eigenvalue weighted by molar-refractivity contribution is -0.127. The van der Waals surface area contributed by atoms with E-state index >= 15 is 0 Å². The molecule has 0 spiro atoms. The van der Waals surface area contributed by atoms with Crippen LogP contribution in [0.1, 0.15) is 54.7 Å². The molecule has 42 heavy (non-hydrogen) atoms. The highest BCUT2D eigenvalue weighted by atomic mass is 32.2. The number of ether oxygens (including phenoxy) is 1. The van der Waals surface area contributed by atoms with Crippen molar-refractivity contribution < 1.29 is 17.9 Å². The van der Waals surface area contributed by atoms with Gasteiger partial charge in [-0.3, -0.25) is 4.79 Å². The van der Waals surface area contributed by atoms with Crippen molar-refractivity contribution in [3.8, 4) is 5.75 Å². The van der Waals surface area contributed by atoms with Crippen LogP contribution in [0.2, 0.25) is 0 Å². The molecule has 6 rings (SSSR count). The number of carbonyl (C=O) groups excluding carboxylic acids is 1. The van der Waals surface area contributed by atoms with Gasteiger partial charge < -0.3 is 10.1 Å². The summed E-state index contributed by atoms with van der Waals surface area (Å²) in [7, 11) is -1.91. The molecule has 1 saturated carbocycles. The summed E-state index contributed by atoms with van der Waals surface area (Å²) < 4.78 is 34.3. The van der Waals surface area contributed by atoms with Gasteiger partial charge in [-0.15, -0.1) is 0 Å². The lowest BCUT2D eigenvalue weighted by Gasteiger charge is -2.36. The second-order valence-corrected chi connectivity index (χ2v) is 13.5. The molecule has 0 bridgehead atoms. The standard InChI is InChI=1S/C35H38N2O4S/c1-41-30-17-19-32-29(21-30)16-20-33(34(32)26-8-3-2-4-9-26)37-35(38)27-13-11-24(12-14-27)23-36-42(39,40)31-18-15-25-7-5-6-10-28(25)22-31/h2-10,15,17-19,21-22,24,27,33-34,36H,11-14,16,20,23H2,1H3,(H,37,38)/t24?,27?,33-,34?/m1/s1. The predicted molar refractivity (Wildman–Crippen MR) is 166 cm³/mol. The van der Waals surface area contributed by atoms with Crippen LogP contribution in [0.4, 0.5) is 0 Å². The first-order chi connectivity index (χ1) is 20.4. The number of benzene rings is 4. The van der Waals surface area contributed by atoms with Crippen LogP contribution >= 0.6 is 0 Å². The van der Waals surface area contributed by atoms with Gasteiger partial charge in [0.15, 0.2) is 0 Å². The number of nitrogens with one attached hydrogen (secondary N) is 2. The third-order valence-electron chi connectivity index (χ3n) is 9.11. The van der Waals surface area contributed by atoms with Gasteiger partial charge in [0.05, 0.1) is 12.0 Å². The highest BCUT2D eigenvalue weighted by Crippen LogP contribution is 2.39. The van der Waals surface area contributed by atoms with Crippen LogP contribution in [0.15, 0.2) is 95.9 Å². The molecule has 0 aromatic heterocycles. The van der Waals surface area contributed by atoms with Crippen LogP contribution in [-0.2, 0) is 21.2 Å². The van der Waals surface area contributed by atoms with E-state index in [1.807, 2.05) is 42.5 Å². The SMILES string of the molecule is COc1ccc2c(c1)CC[C@@H](NC(=O)C1CCC(CNS(=O)(=O)c3ccc4ccccc4c3)CC1)C2c1ccccc1. The molecule has 1 unspecified atom stereocenters. The first-order valence-corrected chi connectivity index (χ1v) is 16.4. The number of amides is 1. The summed E-state index contributed by atoms with van der Waals surface area (Å²) >= 11 is 0. The Labute approximate surface area is 248 Å². The lowest BCUT2D eigenvalue weighted by Crippen LogP contribution is -2.45. The van der Waals surface area contributed by atoms with Crippen LogP contribution in [0.3, 0.4) is 0 Å². The monoisotopic (exact) mass is 582 g/mol. The van der Waals surface area contributed by atoms with Crippen LogP contribution in [0.25, 0.3) is 10.8 Å². The summed E-state index contributed by atoms with van der Waals surface area (Å²) in [5, 5.41) is 5.35. The molecule has 1 fully saturated rings. The fourth-order valence-corrected chi connectivity index (χ4v) is 7.88. The van der Waals surface area contributed by atoms with Crippen molar-refractivity contribution in [1.82, 2.24) is 10.0 Å². The zero-order valence-electron chi connectivity index (χ0n) is 24.0. The summed E-state index contributed by atoms with van der Waals surface area (Å²) in [6.45, 7) is 0.391. The molecule has 4 aromatic carbocycles. The number of hydrogen-bond acceptors (Lipinski definition) is 4. The Hall–Kier alpha value is -3.68. The van der Waals surface area contributed by atoms with Crippen molar-refractivity contribution in [3.63, 3.8) is 0 Å². The first-order valence-electron chi connectivity index (χ1n) is 14.9. The average Bonchev–Trinajstić information content (AvgIpc) is 3.03. The highest BCUT2D eigenvalue weighted by Gasteiger charge is 2.35. The summed E-state index contributed by atoms with van der Waals surface area (Å²) in [4.78, 5) is 13.8. The Morgan fingerprint density at radius 1 is 0.833 bits per heavy atom. The highest BCUT2D eigenvalue weighted by molar-refractivity contribution is 7.89. The average molecular weight is 583 g/mol. The molecular formula is C35H38N2O4S. The number of fused-ring (bicyclic) bond motifs is 2. The Morgan fingerprint density at radius 2 is 1.57 bits per heavy atom. The zero-order valence-corrected chi connectivity index (χ0v) is 24.8. The van der Waals surface area contributed by atoms with Gasteiger partial charge in [-0.05, 0) is 96.2 Å². The van der Waals surface area contributed by atoms with Crippen LogP contribution in [-0.4, -0.2) is 34.0 Å². The van der Waals surface area contributed by atoms with E-state index in [9.17, 15) is 13.2 Å². The van der Waals surface area contributed by atoms with Gasteiger partial charge in [0.25, 0.3) is 0 Å². The van der Waals surface area contributed by atoms with E-state index < -0.39 is 10.0 Å². The minimum atomic E-state index is -3.60. The van der Waals surface area contributed by atoms with Gasteiger partial charge in [-0.2, -0.15) is 0 Å². The van der Waals surface area contributed by atoms with E-state index in [1.54, 1.807) is 19.2 Å². The van der Waals surface area contributed by atoms with Gasteiger partial charge >= 0.3 is 0 Å². The van der Waals surface area contributed by atoms with E-state index in [-0.39, 0.29) is 34.6 Å². The van der Waals surface area contributed by atoms with Crippen LogP contribution in [0.5, 0.6) is 5.75 Å². The van der Waals surface area contributed by atoms with Gasteiger partial charge in [0.1, 0.15) is 5.75 Å². The Morgan fingerprint density at radius 3 is 2.33 bits per heavy atom. The normalized spacial score (nSPS) is 22.3. The fourth-order valence-electron chi connectivity index (χ4n) is 6.73. The van der Waals surface area contributed by atoms with E-state index in [1.165, 1.54) is 16.7 Å². The number of rotatable bonds is 8. The van der Waals surface area contributed by atoms with Gasteiger partial charge in [-0.1, -0.05) is 66.7 Å². The van der Waals surface area contributed by atoms with Crippen LogP contribution < -0.4 is 14.8 Å². The number of hydrogen-bond donors (Lipinski definition) is 2. The molecule has 2 N–H and O–H groups in total. The van der Waals surface area contributed by atoms with Crippen LogP contribution in [0, 0.1) is 11.8 Å². The van der Waals surface area contributed by atoms with Crippen molar-refractivity contribution in [2.75, 3.05) is 13.7 Å². The molecule has 0 heterocycles. The summed E-state index contributed by atoms with van der Waals surface area (Å²) in [5.41, 5.74) is 3.73. The van der Waals surface area contributed by atoms with E-state index in [2.05, 4.69) is 46.4 Å². The smallest absolute Gasteiger partial charge is 0.240 e. The predicted octanol–water partition coefficient (Wildman–Crippen LogP) is 6.20. The molecule has 0 saturated heterocycles. The maximum absolute atomic E-state index is 13.5. The quantitative estimate of drug-likeness (QED) is 0.259. The molecule has 2 atom stereocenters. The van der Waals surface area contributed by atoms with E-state index in [0.717, 1.165) is 55.0 Å². The first kappa shape index (κ1) is 28.4. The minimum Gasteiger partial charge on any atom is -0.497 e. The summed E-state index contributed by atoms with van der Waals surface area (Å²) in [5.74, 6) is 1.24. The third kappa shape index (κ3) is 6.08. The molecule has 7 heteroatoms. The molecule has 6 nitrogen and oxygen atoms in total. The number of methoxy groups -OCH3 is 1. The van der Waals surface area contributed by atoms with Crippen molar-refractivity contribution in [1.29, 1.82) is 0 Å². The number of sulfonamides is 1. The van der Waals surface area contributed by atoms with Crippen molar-refractivity contribution >= 4 is 26.7 Å². The second kappa shape index (κ2) is 12.3. The molecule has 0 radical (unpaired) electrons. The van der Waals surface area contributed by atoms with Crippen molar-refractivity contribution in [2.24, 2.45) is 11.8 Å². The molecule has 2 aliphatic rings. The Kier molecular flexibility index (Phi) is 8.31. The number of carbonyl (C=O) groups is 1. The molecule has 1 amide bonds. The maximum Gasteiger partial charge on any atom is 0.240 e. The lowest BCUT2D eigenvalue weighted by atomic mass is 9.75.